The van der Waals surface area contributed by atoms with Crippen LogP contribution in [0.1, 0.15) is 61.1 Å². The monoisotopic (exact) mass is 287 g/mol. The summed E-state index contributed by atoms with van der Waals surface area (Å²) in [7, 11) is 0. The van der Waals surface area contributed by atoms with Crippen LogP contribution in [-0.4, -0.2) is 15.6 Å². The zero-order valence-electron chi connectivity index (χ0n) is 13.3. The third-order valence-corrected chi connectivity index (χ3v) is 4.22. The highest BCUT2D eigenvalue weighted by Crippen LogP contribution is 2.30. The molecule has 0 spiro atoms. The molecule has 1 heterocycles. The Hall–Kier alpha value is -1.77. The topological polar surface area (TPSA) is 42.2 Å². The lowest BCUT2D eigenvalue weighted by atomic mass is 10.0. The summed E-state index contributed by atoms with van der Waals surface area (Å²) >= 11 is 0. The van der Waals surface area contributed by atoms with Gasteiger partial charge in [0.1, 0.15) is 0 Å². The maximum atomic E-state index is 11.6. The fourth-order valence-electron chi connectivity index (χ4n) is 3.05. The molecule has 0 atom stereocenters. The highest BCUT2D eigenvalue weighted by atomic mass is 16.4. The van der Waals surface area contributed by atoms with Gasteiger partial charge in [0.05, 0.1) is 5.56 Å². The van der Waals surface area contributed by atoms with Crippen LogP contribution in [0.15, 0.2) is 18.2 Å². The molecule has 1 N–H and O–H groups in total. The van der Waals surface area contributed by atoms with Crippen molar-refractivity contribution in [2.75, 3.05) is 0 Å². The van der Waals surface area contributed by atoms with Crippen LogP contribution >= 0.6 is 0 Å². The number of carboxylic acid groups (broad SMARTS) is 1. The van der Waals surface area contributed by atoms with Gasteiger partial charge >= 0.3 is 5.97 Å². The highest BCUT2D eigenvalue weighted by molar-refractivity contribution is 6.05. The van der Waals surface area contributed by atoms with Crippen LogP contribution in [0.2, 0.25) is 0 Å². The molecule has 21 heavy (non-hydrogen) atoms. The van der Waals surface area contributed by atoms with Gasteiger partial charge in [0.15, 0.2) is 0 Å². The van der Waals surface area contributed by atoms with Gasteiger partial charge in [0.25, 0.3) is 0 Å². The van der Waals surface area contributed by atoms with E-state index in [2.05, 4.69) is 31.4 Å². The van der Waals surface area contributed by atoms with Crippen LogP contribution in [-0.2, 0) is 13.0 Å². The fourth-order valence-corrected chi connectivity index (χ4v) is 3.05. The molecule has 0 aliphatic heterocycles. The summed E-state index contributed by atoms with van der Waals surface area (Å²) < 4.78 is 2.30. The Morgan fingerprint density at radius 3 is 2.52 bits per heavy atom. The van der Waals surface area contributed by atoms with E-state index < -0.39 is 5.97 Å². The number of fused-ring (bicyclic) bond motifs is 1. The van der Waals surface area contributed by atoms with Gasteiger partial charge in [-0.15, -0.1) is 0 Å². The lowest BCUT2D eigenvalue weighted by Crippen LogP contribution is -2.00. The number of hydrogen-bond acceptors (Lipinski definition) is 1. The van der Waals surface area contributed by atoms with Crippen LogP contribution < -0.4 is 0 Å². The summed E-state index contributed by atoms with van der Waals surface area (Å²) in [6, 6.07) is 5.64. The molecule has 0 saturated carbocycles. The third kappa shape index (κ3) is 2.97. The van der Waals surface area contributed by atoms with E-state index in [4.69, 9.17) is 0 Å². The minimum atomic E-state index is -0.828. The molecule has 0 aliphatic rings. The largest absolute Gasteiger partial charge is 0.478 e. The second kappa shape index (κ2) is 6.79. The van der Waals surface area contributed by atoms with E-state index in [1.807, 2.05) is 6.07 Å². The lowest BCUT2D eigenvalue weighted by Gasteiger charge is -2.07. The lowest BCUT2D eigenvalue weighted by molar-refractivity contribution is 0.0699. The van der Waals surface area contributed by atoms with Gasteiger partial charge in [-0.25, -0.2) is 4.79 Å². The SMILES string of the molecule is CCCCc1c(C)n(CCCC)c2cccc(C(=O)O)c12. The van der Waals surface area contributed by atoms with Gasteiger partial charge in [-0.1, -0.05) is 32.8 Å². The molecule has 1 aromatic carbocycles. The maximum Gasteiger partial charge on any atom is 0.336 e. The minimum absolute atomic E-state index is 0.442. The summed E-state index contributed by atoms with van der Waals surface area (Å²) in [6.45, 7) is 7.45. The van der Waals surface area contributed by atoms with E-state index in [0.717, 1.165) is 49.6 Å². The molecule has 0 bridgehead atoms. The molecular weight excluding hydrogens is 262 g/mol. The predicted molar refractivity (Wildman–Crippen MR) is 87.2 cm³/mol. The number of hydrogen-bond donors (Lipinski definition) is 1. The van der Waals surface area contributed by atoms with Crippen molar-refractivity contribution in [3.63, 3.8) is 0 Å². The number of aromatic nitrogens is 1. The fraction of sp³-hybridized carbons (Fsp3) is 0.500. The van der Waals surface area contributed by atoms with Gasteiger partial charge in [0, 0.05) is 23.1 Å². The maximum absolute atomic E-state index is 11.6. The van der Waals surface area contributed by atoms with Crippen molar-refractivity contribution in [3.05, 3.63) is 35.0 Å². The second-order valence-electron chi connectivity index (χ2n) is 5.68. The Morgan fingerprint density at radius 1 is 1.19 bits per heavy atom. The van der Waals surface area contributed by atoms with Crippen molar-refractivity contribution in [1.29, 1.82) is 0 Å². The van der Waals surface area contributed by atoms with E-state index in [-0.39, 0.29) is 0 Å². The number of benzene rings is 1. The molecule has 0 fully saturated rings. The van der Waals surface area contributed by atoms with Crippen LogP contribution in [0.4, 0.5) is 0 Å². The normalized spacial score (nSPS) is 11.2. The van der Waals surface area contributed by atoms with Crippen molar-refractivity contribution in [2.24, 2.45) is 0 Å². The zero-order valence-corrected chi connectivity index (χ0v) is 13.3. The molecule has 0 amide bonds. The summed E-state index contributed by atoms with van der Waals surface area (Å²) in [5.74, 6) is -0.828. The van der Waals surface area contributed by atoms with Crippen molar-refractivity contribution < 1.29 is 9.90 Å². The van der Waals surface area contributed by atoms with Gasteiger partial charge in [-0.3, -0.25) is 0 Å². The van der Waals surface area contributed by atoms with Crippen LogP contribution in [0.5, 0.6) is 0 Å². The summed E-state index contributed by atoms with van der Waals surface area (Å²) in [5.41, 5.74) is 3.98. The van der Waals surface area contributed by atoms with Gasteiger partial charge in [-0.2, -0.15) is 0 Å². The number of aryl methyl sites for hydroxylation is 2. The van der Waals surface area contributed by atoms with Gasteiger partial charge < -0.3 is 9.67 Å². The van der Waals surface area contributed by atoms with E-state index in [0.29, 0.717) is 5.56 Å². The molecular formula is C18H25NO2. The van der Waals surface area contributed by atoms with Crippen LogP contribution in [0.25, 0.3) is 10.9 Å². The second-order valence-corrected chi connectivity index (χ2v) is 5.68. The van der Waals surface area contributed by atoms with Crippen molar-refractivity contribution >= 4 is 16.9 Å². The average Bonchev–Trinajstić information content (AvgIpc) is 2.74. The molecule has 2 rings (SSSR count). The van der Waals surface area contributed by atoms with E-state index in [1.165, 1.54) is 11.3 Å². The number of carboxylic acids is 1. The van der Waals surface area contributed by atoms with Crippen molar-refractivity contribution in [1.82, 2.24) is 4.57 Å². The Balaban J connectivity index is 2.66. The first-order valence-corrected chi connectivity index (χ1v) is 7.95. The first kappa shape index (κ1) is 15.6. The number of aromatic carboxylic acids is 1. The Bertz CT molecular complexity index is 640. The van der Waals surface area contributed by atoms with Crippen LogP contribution in [0, 0.1) is 6.92 Å². The quantitative estimate of drug-likeness (QED) is 0.795. The summed E-state index contributed by atoms with van der Waals surface area (Å²) in [6.07, 6.45) is 5.44. The van der Waals surface area contributed by atoms with E-state index in [1.54, 1.807) is 6.07 Å². The van der Waals surface area contributed by atoms with Gasteiger partial charge in [-0.05, 0) is 43.9 Å². The number of unbranched alkanes of at least 4 members (excludes halogenated alkanes) is 2. The molecule has 1 aromatic heterocycles. The van der Waals surface area contributed by atoms with E-state index >= 15 is 0 Å². The first-order chi connectivity index (χ1) is 10.1. The highest BCUT2D eigenvalue weighted by Gasteiger charge is 2.19. The van der Waals surface area contributed by atoms with Crippen molar-refractivity contribution in [3.8, 4) is 0 Å². The molecule has 0 unspecified atom stereocenters. The molecule has 2 aromatic rings. The molecule has 0 saturated heterocycles. The van der Waals surface area contributed by atoms with Gasteiger partial charge in [0.2, 0.25) is 0 Å². The molecule has 3 nitrogen and oxygen atoms in total. The molecule has 3 heteroatoms. The third-order valence-electron chi connectivity index (χ3n) is 4.22. The Kier molecular flexibility index (Phi) is 5.05. The summed E-state index contributed by atoms with van der Waals surface area (Å²) in [5, 5.41) is 10.5. The summed E-state index contributed by atoms with van der Waals surface area (Å²) in [4.78, 5) is 11.6. The molecule has 0 aliphatic carbocycles. The van der Waals surface area contributed by atoms with E-state index in [9.17, 15) is 9.90 Å². The van der Waals surface area contributed by atoms with Crippen molar-refractivity contribution in [2.45, 2.75) is 59.4 Å². The van der Waals surface area contributed by atoms with Crippen LogP contribution in [0.3, 0.4) is 0 Å². The zero-order chi connectivity index (χ0) is 15.4. The molecule has 0 radical (unpaired) electrons. The Labute approximate surface area is 126 Å². The number of rotatable bonds is 7. The number of nitrogens with zero attached hydrogens (tertiary/aromatic N) is 1. The predicted octanol–water partition coefficient (Wildman–Crippen LogP) is 4.79. The average molecular weight is 287 g/mol. The number of carbonyl (C=O) groups is 1. The smallest absolute Gasteiger partial charge is 0.336 e. The standard InChI is InChI=1S/C18H25NO2/c1-4-6-9-14-13(3)19(12-7-5-2)16-11-8-10-15(17(14)16)18(20)21/h8,10-11H,4-7,9,12H2,1-3H3,(H,20,21). The minimum Gasteiger partial charge on any atom is -0.478 e. The first-order valence-electron chi connectivity index (χ1n) is 7.95. The Morgan fingerprint density at radius 2 is 1.90 bits per heavy atom. The molecule has 114 valence electrons.